The summed E-state index contributed by atoms with van der Waals surface area (Å²) in [5.74, 6) is 0.0951. The largest absolute Gasteiger partial charge is 0.507 e. The van der Waals surface area contributed by atoms with E-state index in [1.165, 1.54) is 6.07 Å². The van der Waals surface area contributed by atoms with Gasteiger partial charge in [-0.25, -0.2) is 4.79 Å². The van der Waals surface area contributed by atoms with Crippen molar-refractivity contribution < 1.29 is 14.3 Å². The zero-order chi connectivity index (χ0) is 14.8. The van der Waals surface area contributed by atoms with Crippen LogP contribution in [0.15, 0.2) is 15.3 Å². The molecule has 0 saturated heterocycles. The highest BCUT2D eigenvalue weighted by Gasteiger charge is 2.24. The van der Waals surface area contributed by atoms with Gasteiger partial charge in [0.15, 0.2) is 5.78 Å². The van der Waals surface area contributed by atoms with Crippen LogP contribution < -0.4 is 5.63 Å². The van der Waals surface area contributed by atoms with Crippen molar-refractivity contribution in [3.05, 3.63) is 27.8 Å². The van der Waals surface area contributed by atoms with Crippen molar-refractivity contribution in [3.63, 3.8) is 0 Å². The zero-order valence-corrected chi connectivity index (χ0v) is 12.2. The topological polar surface area (TPSA) is 67.5 Å². The lowest BCUT2D eigenvalue weighted by Gasteiger charge is -2.17. The first-order valence-corrected chi connectivity index (χ1v) is 6.53. The lowest BCUT2D eigenvalue weighted by molar-refractivity contribution is 0.0967. The molecule has 0 saturated carbocycles. The van der Waals surface area contributed by atoms with Crippen LogP contribution in [0.1, 0.15) is 63.6 Å². The van der Waals surface area contributed by atoms with Gasteiger partial charge in [0.05, 0.1) is 0 Å². The monoisotopic (exact) mass is 266 g/mol. The van der Waals surface area contributed by atoms with Gasteiger partial charge in [-0.2, -0.15) is 0 Å². The minimum Gasteiger partial charge on any atom is -0.507 e. The molecule has 0 spiro atoms. The molecule has 1 aromatic heterocycles. The number of ketones is 1. The molecule has 0 amide bonds. The Kier molecular flexibility index (Phi) is 4.56. The second-order valence-electron chi connectivity index (χ2n) is 6.26. The van der Waals surface area contributed by atoms with Crippen LogP contribution in [-0.2, 0) is 5.41 Å². The molecular formula is C15H22O4. The van der Waals surface area contributed by atoms with Gasteiger partial charge in [0.1, 0.15) is 17.1 Å². The lowest BCUT2D eigenvalue weighted by Crippen LogP contribution is -2.20. The van der Waals surface area contributed by atoms with Crippen LogP contribution in [0.4, 0.5) is 0 Å². The summed E-state index contributed by atoms with van der Waals surface area (Å²) in [7, 11) is 0. The maximum atomic E-state index is 11.9. The Balaban J connectivity index is 3.11. The number of hydrogen-bond acceptors (Lipinski definition) is 4. The summed E-state index contributed by atoms with van der Waals surface area (Å²) in [6.07, 6.45) is 0.920. The normalized spacial score (nSPS) is 11.9. The third kappa shape index (κ3) is 3.94. The van der Waals surface area contributed by atoms with Crippen molar-refractivity contribution in [1.29, 1.82) is 0 Å². The fraction of sp³-hybridized carbons (Fsp3) is 0.600. The molecule has 0 bridgehead atoms. The van der Waals surface area contributed by atoms with Gasteiger partial charge in [0.25, 0.3) is 0 Å². The van der Waals surface area contributed by atoms with Gasteiger partial charge in [-0.15, -0.1) is 0 Å². The minimum atomic E-state index is -0.751. The molecule has 1 N–H and O–H groups in total. The van der Waals surface area contributed by atoms with Gasteiger partial charge >= 0.3 is 5.63 Å². The van der Waals surface area contributed by atoms with E-state index in [1.807, 2.05) is 34.6 Å². The Bertz CT molecular complexity index is 518. The number of carbonyl (C=O) groups excluding carboxylic acids is 1. The van der Waals surface area contributed by atoms with Crippen LogP contribution in [0, 0.1) is 5.92 Å². The maximum Gasteiger partial charge on any atom is 0.350 e. The molecule has 4 heteroatoms. The highest BCUT2D eigenvalue weighted by molar-refractivity contribution is 5.98. The Labute approximate surface area is 113 Å². The summed E-state index contributed by atoms with van der Waals surface area (Å²) in [4.78, 5) is 23.8. The Morgan fingerprint density at radius 2 is 1.95 bits per heavy atom. The van der Waals surface area contributed by atoms with Crippen LogP contribution in [-0.4, -0.2) is 10.9 Å². The Morgan fingerprint density at radius 3 is 2.37 bits per heavy atom. The summed E-state index contributed by atoms with van der Waals surface area (Å²) in [5.41, 5.74) is -1.37. The van der Waals surface area contributed by atoms with E-state index in [0.717, 1.165) is 0 Å². The highest BCUT2D eigenvalue weighted by atomic mass is 16.4. The average Bonchev–Trinajstić information content (AvgIpc) is 2.24. The summed E-state index contributed by atoms with van der Waals surface area (Å²) >= 11 is 0. The summed E-state index contributed by atoms with van der Waals surface area (Å²) in [6, 6.07) is 1.37. The van der Waals surface area contributed by atoms with E-state index >= 15 is 0 Å². The van der Waals surface area contributed by atoms with Gasteiger partial charge in [-0.1, -0.05) is 34.6 Å². The van der Waals surface area contributed by atoms with Gasteiger partial charge in [0.2, 0.25) is 0 Å². The maximum absolute atomic E-state index is 11.9. The summed E-state index contributed by atoms with van der Waals surface area (Å²) in [6.45, 7) is 9.59. The first-order valence-electron chi connectivity index (χ1n) is 6.53. The smallest absolute Gasteiger partial charge is 0.350 e. The summed E-state index contributed by atoms with van der Waals surface area (Å²) < 4.78 is 5.15. The average molecular weight is 266 g/mol. The molecule has 0 fully saturated rings. The highest BCUT2D eigenvalue weighted by Crippen LogP contribution is 2.26. The lowest BCUT2D eigenvalue weighted by atomic mass is 9.92. The predicted octanol–water partition coefficient (Wildman–Crippen LogP) is 3.26. The molecule has 0 atom stereocenters. The molecule has 0 aromatic carbocycles. The molecule has 0 unspecified atom stereocenters. The molecule has 0 radical (unpaired) electrons. The van der Waals surface area contributed by atoms with E-state index in [1.54, 1.807) is 0 Å². The molecular weight excluding hydrogens is 244 g/mol. The van der Waals surface area contributed by atoms with Crippen LogP contribution in [0.5, 0.6) is 5.75 Å². The molecule has 106 valence electrons. The molecule has 0 aliphatic carbocycles. The van der Waals surface area contributed by atoms with E-state index in [2.05, 4.69) is 0 Å². The number of Topliss-reactive ketones (excluding diaryl/α,β-unsaturated/α-hetero) is 1. The van der Waals surface area contributed by atoms with Gasteiger partial charge in [-0.05, 0) is 12.3 Å². The fourth-order valence-corrected chi connectivity index (χ4v) is 1.65. The van der Waals surface area contributed by atoms with Crippen LogP contribution in [0.25, 0.3) is 0 Å². The van der Waals surface area contributed by atoms with Crippen molar-refractivity contribution in [3.8, 4) is 5.75 Å². The SMILES string of the molecule is CC(C)CCC(=O)c1c(O)cc(C(C)(C)C)oc1=O. The van der Waals surface area contributed by atoms with Gasteiger partial charge < -0.3 is 9.52 Å². The van der Waals surface area contributed by atoms with E-state index in [-0.39, 0.29) is 23.5 Å². The quantitative estimate of drug-likeness (QED) is 0.849. The number of aromatic hydroxyl groups is 1. The first-order chi connectivity index (χ1) is 8.62. The number of carbonyl (C=O) groups is 1. The zero-order valence-electron chi connectivity index (χ0n) is 12.2. The standard InChI is InChI=1S/C15H22O4/c1-9(2)6-7-10(16)13-11(17)8-12(15(3,4)5)19-14(13)18/h8-9,17H,6-7H2,1-5H3. The van der Waals surface area contributed by atoms with Crippen LogP contribution in [0.2, 0.25) is 0 Å². The van der Waals surface area contributed by atoms with Crippen LogP contribution in [0.3, 0.4) is 0 Å². The van der Waals surface area contributed by atoms with E-state index in [9.17, 15) is 14.7 Å². The molecule has 0 aliphatic heterocycles. The van der Waals surface area contributed by atoms with E-state index in [4.69, 9.17) is 4.42 Å². The molecule has 19 heavy (non-hydrogen) atoms. The van der Waals surface area contributed by atoms with Crippen LogP contribution >= 0.6 is 0 Å². The predicted molar refractivity (Wildman–Crippen MR) is 73.7 cm³/mol. The van der Waals surface area contributed by atoms with Crippen molar-refractivity contribution in [2.45, 2.75) is 52.9 Å². The van der Waals surface area contributed by atoms with E-state index in [0.29, 0.717) is 18.1 Å². The van der Waals surface area contributed by atoms with E-state index < -0.39 is 11.0 Å². The second kappa shape index (κ2) is 5.59. The third-order valence-corrected chi connectivity index (χ3v) is 2.90. The molecule has 4 nitrogen and oxygen atoms in total. The second-order valence-corrected chi connectivity index (χ2v) is 6.26. The number of hydrogen-bond donors (Lipinski definition) is 1. The van der Waals surface area contributed by atoms with Crippen molar-refractivity contribution in [1.82, 2.24) is 0 Å². The molecule has 1 rings (SSSR count). The van der Waals surface area contributed by atoms with Crippen molar-refractivity contribution in [2.24, 2.45) is 5.92 Å². The fourth-order valence-electron chi connectivity index (χ4n) is 1.65. The molecule has 1 aromatic rings. The Morgan fingerprint density at radius 1 is 1.37 bits per heavy atom. The Hall–Kier alpha value is -1.58. The number of rotatable bonds is 4. The molecule has 1 heterocycles. The van der Waals surface area contributed by atoms with Gasteiger partial charge in [0, 0.05) is 17.9 Å². The molecule has 0 aliphatic rings. The van der Waals surface area contributed by atoms with Crippen molar-refractivity contribution >= 4 is 5.78 Å². The third-order valence-electron chi connectivity index (χ3n) is 2.90. The van der Waals surface area contributed by atoms with Crippen molar-refractivity contribution in [2.75, 3.05) is 0 Å². The first kappa shape index (κ1) is 15.5. The minimum absolute atomic E-state index is 0.228. The van der Waals surface area contributed by atoms with Gasteiger partial charge in [-0.3, -0.25) is 4.79 Å². The summed E-state index contributed by atoms with van der Waals surface area (Å²) in [5, 5.41) is 9.89.